The molecular weight excluding hydrogens is 12200 g/mol. The molecule has 0 aliphatic rings. The second kappa shape index (κ2) is 400. The predicted octanol–water partition coefficient (Wildman–Crippen LogP) is 0.591. The molecule has 0 fully saturated rings. The fourth-order valence-electron chi connectivity index (χ4n) is 0. The fraction of sp³-hybridized carbons (Fsp3) is 0. The molecule has 0 amide bonds. The first-order chi connectivity index (χ1) is 1.00. The van der Waals surface area contributed by atoms with Gasteiger partial charge in [-0.15, -0.1) is 0 Å². The maximum absolute atomic E-state index is 3.89. The first-order valence-electron chi connectivity index (χ1n) is 0.204. The Morgan fingerprint density at radius 3 is 0.0755 bits per heavy atom. The predicted molar refractivity (Wildman–Crippen MR) is 15.7 cm³/mol. The van der Waals surface area contributed by atoms with Gasteiger partial charge in [-0.25, -0.2) is 0 Å². The Labute approximate surface area is 1540 Å². The van der Waals surface area contributed by atoms with E-state index in [1.54, 1.807) is 0 Å². The van der Waals surface area contributed by atoms with Crippen LogP contribution >= 0.6 is 8.02 Å². The Morgan fingerprint density at radius 1 is 0.0755 bits per heavy atom. The molecule has 0 aliphatic carbocycles. The molecule has 0 nitrogen and oxygen atoms in total. The molecule has 0 heterocycles. The zero-order valence-corrected chi connectivity index (χ0v) is 241. The second-order valence-corrected chi connectivity index (χ2v) is 0. The van der Waals surface area contributed by atoms with Crippen molar-refractivity contribution < 1.29 is 1590 Å². The fourth-order valence-corrected chi connectivity index (χ4v) is 0. The molecule has 0 atom stereocenters. The third kappa shape index (κ3) is 393. The Morgan fingerprint density at radius 2 is 0.0755 bits per heavy atom. The summed E-state index contributed by atoms with van der Waals surface area (Å²) in [5, 5.41) is 0. The molecule has 216 valence electrons. The molecule has 0 rings (SSSR count). The van der Waals surface area contributed by atoms with Crippen molar-refractivity contribution in [2.75, 3.05) is 0 Å². The summed E-state index contributed by atoms with van der Waals surface area (Å²) in [7, 11) is 2.56. The van der Waals surface area contributed by atoms with Crippen LogP contribution in [0, 0.1) is 1590 Å². The molecule has 0 aromatic heterocycles. The van der Waals surface area contributed by atoms with Crippen LogP contribution in [0.5, 0.6) is 0 Å². The molecule has 0 bridgehead atoms. The molecule has 53 heavy (non-hydrogen) atoms. The standard InChI is InChI=1S/HPS.51U/c1-2;;;;;;;;;;;;;;;;;;;;;;;;;;;;;;;;;;;;;;;;;;;;;;;;;;;/h1H;;;;;;;;;;;;;;;;;;;;;;;;;;;;;;;;;;;;;;;;;;;;;;;;;;;. The van der Waals surface area contributed by atoms with Gasteiger partial charge in [0.1, 0.15) is 0 Å². The van der Waals surface area contributed by atoms with E-state index in [1.165, 1.54) is 0 Å². The summed E-state index contributed by atoms with van der Waals surface area (Å²) in [6, 6.07) is 0. The Bertz CT molecular complexity index is 14.3. The first kappa shape index (κ1) is 397. The first-order valence-corrected chi connectivity index (χ1v) is 1.84. The average molecular weight is 12200 g/mol. The van der Waals surface area contributed by atoms with E-state index < -0.39 is 0 Å². The van der Waals surface area contributed by atoms with E-state index in [-0.39, 0.29) is 1590 Å². The summed E-state index contributed by atoms with van der Waals surface area (Å²) in [5.41, 5.74) is 0. The minimum atomic E-state index is 0. The van der Waals surface area contributed by atoms with Gasteiger partial charge in [-0.2, -0.15) is 0 Å². The largest absolute Gasteiger partial charge is 0.0615 e. The monoisotopic (exact) mass is 12200 g/mol. The second-order valence-electron chi connectivity index (χ2n) is 0. The Kier molecular flexibility index (Phi) is 3000. The summed E-state index contributed by atoms with van der Waals surface area (Å²) < 4.78 is 0. The Balaban J connectivity index is -0.00000000000392. The van der Waals surface area contributed by atoms with E-state index in [0.29, 0.717) is 0 Å². The molecule has 0 aromatic rings. The van der Waals surface area contributed by atoms with Gasteiger partial charge in [0, 0.05) is 1590 Å². The molecule has 0 radical (unpaired) electrons. The summed E-state index contributed by atoms with van der Waals surface area (Å²) in [6.07, 6.45) is 0. The molecule has 0 saturated heterocycles. The molecule has 0 spiro atoms. The minimum Gasteiger partial charge on any atom is -0.0615 e. The number of hydrogen-bond acceptors (Lipinski definition) is 1. The van der Waals surface area contributed by atoms with Crippen molar-refractivity contribution in [3.63, 3.8) is 0 Å². The molecular formula is HPSU51. The van der Waals surface area contributed by atoms with E-state index in [2.05, 4.69) is 19.8 Å². The van der Waals surface area contributed by atoms with Crippen LogP contribution in [0.3, 0.4) is 0 Å². The van der Waals surface area contributed by atoms with Crippen LogP contribution in [0.4, 0.5) is 0 Å². The van der Waals surface area contributed by atoms with Gasteiger partial charge in [0.2, 0.25) is 0 Å². The molecule has 0 unspecified atom stereocenters. The topological polar surface area (TPSA) is 0 Å². The van der Waals surface area contributed by atoms with Crippen molar-refractivity contribution in [1.82, 2.24) is 0 Å². The quantitative estimate of drug-likeness (QED) is 0.321. The smallest absolute Gasteiger partial charge is 0 e. The van der Waals surface area contributed by atoms with Crippen molar-refractivity contribution in [3.05, 3.63) is 0 Å². The van der Waals surface area contributed by atoms with Gasteiger partial charge in [0.25, 0.3) is 0 Å². The molecule has 0 saturated carbocycles. The average Bonchev–Trinajstić information content (AvgIpc) is 1.00. The van der Waals surface area contributed by atoms with Gasteiger partial charge >= 0.3 is 0 Å². The maximum atomic E-state index is 3.89. The van der Waals surface area contributed by atoms with Gasteiger partial charge < -0.3 is 0 Å². The zero-order valence-electron chi connectivity index (χ0n) is 26.4. The number of hydrogen-bond donors (Lipinski definition) is 0. The van der Waals surface area contributed by atoms with Crippen LogP contribution in [0.2, 0.25) is 0 Å². The van der Waals surface area contributed by atoms with E-state index in [1.807, 2.05) is 0 Å². The maximum Gasteiger partial charge on any atom is 0 e. The SMILES string of the molecule is P=S.[U].[U].[U].[U].[U].[U].[U].[U].[U].[U].[U].[U].[U].[U].[U].[U].[U].[U].[U].[U].[U].[U].[U].[U].[U].[U].[U].[U].[U].[U].[U].[U].[U].[U].[U].[U].[U].[U].[U].[U].[U].[U].[U].[U].[U].[U].[U].[U].[U].[U].[U]. The van der Waals surface area contributed by atoms with Crippen molar-refractivity contribution in [2.45, 2.75) is 0 Å². The molecule has 0 aliphatic heterocycles. The summed E-state index contributed by atoms with van der Waals surface area (Å²) in [4.78, 5) is 0. The van der Waals surface area contributed by atoms with Crippen LogP contribution in [0.15, 0.2) is 0 Å². The van der Waals surface area contributed by atoms with Crippen LogP contribution in [0.25, 0.3) is 0 Å². The number of rotatable bonds is 0. The van der Waals surface area contributed by atoms with Crippen LogP contribution in [-0.2, 0) is 11.8 Å². The van der Waals surface area contributed by atoms with Crippen molar-refractivity contribution in [3.8, 4) is 0 Å². The van der Waals surface area contributed by atoms with Gasteiger partial charge in [-0.3, -0.25) is 0 Å². The zero-order chi connectivity index (χ0) is 2.00. The van der Waals surface area contributed by atoms with Crippen LogP contribution < -0.4 is 0 Å². The van der Waals surface area contributed by atoms with Crippen molar-refractivity contribution in [2.24, 2.45) is 0 Å². The molecule has 0 aromatic carbocycles. The van der Waals surface area contributed by atoms with E-state index in [4.69, 9.17) is 0 Å². The van der Waals surface area contributed by atoms with Crippen molar-refractivity contribution >= 4 is 19.8 Å². The minimum absolute atomic E-state index is 0. The van der Waals surface area contributed by atoms with Crippen molar-refractivity contribution in [1.29, 1.82) is 0 Å². The third-order valence-electron chi connectivity index (χ3n) is 0. The van der Waals surface area contributed by atoms with E-state index in [9.17, 15) is 0 Å². The van der Waals surface area contributed by atoms with Gasteiger partial charge in [0.15, 0.2) is 0 Å². The summed E-state index contributed by atoms with van der Waals surface area (Å²) in [6.45, 7) is 0. The van der Waals surface area contributed by atoms with E-state index >= 15 is 0 Å². The summed E-state index contributed by atoms with van der Waals surface area (Å²) in [5.74, 6) is 0. The van der Waals surface area contributed by atoms with Crippen LogP contribution in [0.1, 0.15) is 0 Å². The van der Waals surface area contributed by atoms with Gasteiger partial charge in [-0.1, -0.05) is 11.8 Å². The van der Waals surface area contributed by atoms with Gasteiger partial charge in [0.05, 0.1) is 0 Å². The normalized spacial score (nSPS) is 0.0755. The van der Waals surface area contributed by atoms with Crippen LogP contribution in [-0.4, -0.2) is 0 Å². The molecule has 0 N–H and O–H groups in total. The molecule has 53 heteroatoms. The third-order valence-corrected chi connectivity index (χ3v) is 0. The van der Waals surface area contributed by atoms with Gasteiger partial charge in [-0.05, 0) is 8.02 Å². The van der Waals surface area contributed by atoms with E-state index in [0.717, 1.165) is 0 Å². The summed E-state index contributed by atoms with van der Waals surface area (Å²) >= 11 is 3.89. The Hall–Kier alpha value is 54.2.